The Balaban J connectivity index is 2.08. The van der Waals surface area contributed by atoms with Crippen molar-refractivity contribution in [2.75, 3.05) is 26.2 Å². The molecule has 0 saturated carbocycles. The molecule has 0 bridgehead atoms. The van der Waals surface area contributed by atoms with E-state index in [0.717, 1.165) is 37.7 Å². The minimum Gasteiger partial charge on any atom is -0.464 e. The number of piperazine rings is 1. The lowest BCUT2D eigenvalue weighted by Crippen LogP contribution is -2.44. The van der Waals surface area contributed by atoms with Gasteiger partial charge in [-0.05, 0) is 32.4 Å². The lowest BCUT2D eigenvalue weighted by molar-refractivity contribution is 0.166. The first-order chi connectivity index (χ1) is 7.18. The summed E-state index contributed by atoms with van der Waals surface area (Å²) in [4.78, 5) is 2.47. The Bertz CT molecular complexity index is 307. The second-order valence-corrected chi connectivity index (χ2v) is 4.35. The zero-order valence-electron chi connectivity index (χ0n) is 9.84. The van der Waals surface area contributed by atoms with E-state index in [2.05, 4.69) is 30.1 Å². The fourth-order valence-electron chi connectivity index (χ4n) is 2.06. The summed E-state index contributed by atoms with van der Waals surface area (Å²) in [6, 6.07) is 2.57. The smallest absolute Gasteiger partial charge is 0.121 e. The van der Waals surface area contributed by atoms with Gasteiger partial charge in [0.1, 0.15) is 11.5 Å². The number of hydrogen-bond donors (Lipinski definition) is 1. The normalized spacial score (nSPS) is 20.5. The Hall–Kier alpha value is -0.800. The second kappa shape index (κ2) is 4.37. The van der Waals surface area contributed by atoms with Gasteiger partial charge in [0.2, 0.25) is 0 Å². The number of rotatable bonds is 2. The summed E-state index contributed by atoms with van der Waals surface area (Å²) in [5.41, 5.74) is 1.26. The molecular weight excluding hydrogens is 188 g/mol. The zero-order chi connectivity index (χ0) is 10.8. The van der Waals surface area contributed by atoms with Gasteiger partial charge < -0.3 is 9.73 Å². The summed E-state index contributed by atoms with van der Waals surface area (Å²) in [5.74, 6) is 2.15. The lowest BCUT2D eigenvalue weighted by Gasteiger charge is -2.31. The van der Waals surface area contributed by atoms with E-state index >= 15 is 0 Å². The number of nitrogens with zero attached hydrogens (tertiary/aromatic N) is 1. The molecule has 1 fully saturated rings. The fraction of sp³-hybridized carbons (Fsp3) is 0.667. The summed E-state index contributed by atoms with van der Waals surface area (Å²) in [6.45, 7) is 10.8. The highest BCUT2D eigenvalue weighted by Crippen LogP contribution is 2.24. The van der Waals surface area contributed by atoms with Crippen molar-refractivity contribution in [1.29, 1.82) is 0 Å². The van der Waals surface area contributed by atoms with Crippen molar-refractivity contribution in [2.24, 2.45) is 0 Å². The fourth-order valence-corrected chi connectivity index (χ4v) is 2.06. The molecule has 15 heavy (non-hydrogen) atoms. The Labute approximate surface area is 91.4 Å². The second-order valence-electron chi connectivity index (χ2n) is 4.35. The molecule has 3 heteroatoms. The highest BCUT2D eigenvalue weighted by molar-refractivity contribution is 5.20. The van der Waals surface area contributed by atoms with Crippen molar-refractivity contribution < 1.29 is 4.42 Å². The average Bonchev–Trinajstić information content (AvgIpc) is 2.59. The molecule has 0 aromatic carbocycles. The maximum absolute atomic E-state index is 5.77. The van der Waals surface area contributed by atoms with Crippen LogP contribution in [0.1, 0.15) is 30.0 Å². The molecule has 0 radical (unpaired) electrons. The van der Waals surface area contributed by atoms with Gasteiger partial charge in [-0.3, -0.25) is 4.90 Å². The summed E-state index contributed by atoms with van der Waals surface area (Å²) >= 11 is 0. The van der Waals surface area contributed by atoms with Crippen molar-refractivity contribution >= 4 is 0 Å². The van der Waals surface area contributed by atoms with Gasteiger partial charge >= 0.3 is 0 Å². The maximum atomic E-state index is 5.77. The Morgan fingerprint density at radius 2 is 2.00 bits per heavy atom. The molecule has 1 aliphatic rings. The van der Waals surface area contributed by atoms with Crippen LogP contribution >= 0.6 is 0 Å². The summed E-state index contributed by atoms with van der Waals surface area (Å²) in [6.07, 6.45) is 0. The third-order valence-corrected chi connectivity index (χ3v) is 3.30. The van der Waals surface area contributed by atoms with E-state index in [4.69, 9.17) is 4.42 Å². The van der Waals surface area contributed by atoms with E-state index in [-0.39, 0.29) is 0 Å². The first kappa shape index (κ1) is 10.7. The van der Waals surface area contributed by atoms with Gasteiger partial charge in [-0.1, -0.05) is 0 Å². The number of nitrogens with one attached hydrogen (secondary N) is 1. The molecule has 1 saturated heterocycles. The molecule has 2 heterocycles. The molecule has 1 aromatic heterocycles. The minimum atomic E-state index is 0.402. The maximum Gasteiger partial charge on any atom is 0.121 e. The topological polar surface area (TPSA) is 28.4 Å². The van der Waals surface area contributed by atoms with Crippen LogP contribution in [0.5, 0.6) is 0 Å². The van der Waals surface area contributed by atoms with Gasteiger partial charge in [0, 0.05) is 26.2 Å². The van der Waals surface area contributed by atoms with Gasteiger partial charge in [-0.2, -0.15) is 0 Å². The lowest BCUT2D eigenvalue weighted by atomic mass is 10.2. The standard InChI is InChI=1S/C12H20N2O/c1-9-8-12(15-11(9)3)10(2)14-6-4-13-5-7-14/h8,10,13H,4-7H2,1-3H3/t10-/m0/s1. The van der Waals surface area contributed by atoms with Crippen LogP contribution in [-0.4, -0.2) is 31.1 Å². The molecule has 3 nitrogen and oxygen atoms in total. The average molecular weight is 208 g/mol. The van der Waals surface area contributed by atoms with Gasteiger partial charge in [0.15, 0.2) is 0 Å². The Morgan fingerprint density at radius 1 is 1.33 bits per heavy atom. The molecule has 1 aromatic rings. The highest BCUT2D eigenvalue weighted by Gasteiger charge is 2.20. The molecule has 0 unspecified atom stereocenters. The van der Waals surface area contributed by atoms with E-state index in [9.17, 15) is 0 Å². The molecule has 0 aliphatic carbocycles. The SMILES string of the molecule is Cc1cc([C@H](C)N2CCNCC2)oc1C. The van der Waals surface area contributed by atoms with Crippen LogP contribution in [0.3, 0.4) is 0 Å². The van der Waals surface area contributed by atoms with Crippen molar-refractivity contribution in [1.82, 2.24) is 10.2 Å². The van der Waals surface area contributed by atoms with Crippen molar-refractivity contribution in [3.05, 3.63) is 23.2 Å². The first-order valence-corrected chi connectivity index (χ1v) is 5.70. The van der Waals surface area contributed by atoms with Gasteiger partial charge in [0.05, 0.1) is 6.04 Å². The van der Waals surface area contributed by atoms with Crippen LogP contribution in [-0.2, 0) is 0 Å². The van der Waals surface area contributed by atoms with Crippen LogP contribution in [0.2, 0.25) is 0 Å². The number of hydrogen-bond acceptors (Lipinski definition) is 3. The molecule has 84 valence electrons. The predicted molar refractivity (Wildman–Crippen MR) is 61.0 cm³/mol. The van der Waals surface area contributed by atoms with Crippen LogP contribution in [0.15, 0.2) is 10.5 Å². The van der Waals surface area contributed by atoms with Gasteiger partial charge in [-0.25, -0.2) is 0 Å². The van der Waals surface area contributed by atoms with E-state index in [1.807, 2.05) is 6.92 Å². The van der Waals surface area contributed by atoms with Crippen LogP contribution in [0, 0.1) is 13.8 Å². The molecule has 0 amide bonds. The quantitative estimate of drug-likeness (QED) is 0.804. The Kier molecular flexibility index (Phi) is 3.12. The third-order valence-electron chi connectivity index (χ3n) is 3.30. The molecule has 1 atom stereocenters. The molecular formula is C12H20N2O. The van der Waals surface area contributed by atoms with Crippen LogP contribution in [0.4, 0.5) is 0 Å². The number of aryl methyl sites for hydroxylation is 2. The largest absolute Gasteiger partial charge is 0.464 e. The molecule has 0 spiro atoms. The Morgan fingerprint density at radius 3 is 2.53 bits per heavy atom. The first-order valence-electron chi connectivity index (χ1n) is 5.70. The van der Waals surface area contributed by atoms with Crippen LogP contribution in [0.25, 0.3) is 0 Å². The van der Waals surface area contributed by atoms with Crippen LogP contribution < -0.4 is 5.32 Å². The van der Waals surface area contributed by atoms with Gasteiger partial charge in [0.25, 0.3) is 0 Å². The van der Waals surface area contributed by atoms with E-state index in [1.165, 1.54) is 5.56 Å². The summed E-state index contributed by atoms with van der Waals surface area (Å²) in [7, 11) is 0. The zero-order valence-corrected chi connectivity index (χ0v) is 9.84. The highest BCUT2D eigenvalue weighted by atomic mass is 16.3. The monoisotopic (exact) mass is 208 g/mol. The van der Waals surface area contributed by atoms with E-state index < -0.39 is 0 Å². The summed E-state index contributed by atoms with van der Waals surface area (Å²) in [5, 5.41) is 3.37. The molecule has 1 N–H and O–H groups in total. The van der Waals surface area contributed by atoms with E-state index in [1.54, 1.807) is 0 Å². The van der Waals surface area contributed by atoms with Gasteiger partial charge in [-0.15, -0.1) is 0 Å². The van der Waals surface area contributed by atoms with Crippen molar-refractivity contribution in [3.8, 4) is 0 Å². The van der Waals surface area contributed by atoms with E-state index in [0.29, 0.717) is 6.04 Å². The summed E-state index contributed by atoms with van der Waals surface area (Å²) < 4.78 is 5.77. The minimum absolute atomic E-state index is 0.402. The molecule has 2 rings (SSSR count). The number of furan rings is 1. The third kappa shape index (κ3) is 2.24. The molecule has 1 aliphatic heterocycles. The van der Waals surface area contributed by atoms with Crippen molar-refractivity contribution in [3.63, 3.8) is 0 Å². The van der Waals surface area contributed by atoms with Crippen molar-refractivity contribution in [2.45, 2.75) is 26.8 Å². The predicted octanol–water partition coefficient (Wildman–Crippen LogP) is 1.86.